The molecule has 20 heavy (non-hydrogen) atoms. The van der Waals surface area contributed by atoms with E-state index in [0.717, 1.165) is 25.2 Å². The second-order valence-corrected chi connectivity index (χ2v) is 5.77. The van der Waals surface area contributed by atoms with E-state index in [-0.39, 0.29) is 6.04 Å². The number of benzene rings is 2. The standard InChI is InChI=1S/C16H16Cl2N2/c17-13-6-3-7-14(18)16(13)20-15-8-9-19-10-11-4-1-2-5-12(11)15/h1-7,15,19-20H,8-10H2. The zero-order valence-electron chi connectivity index (χ0n) is 11.0. The summed E-state index contributed by atoms with van der Waals surface area (Å²) in [6.07, 6.45) is 0.999. The van der Waals surface area contributed by atoms with Gasteiger partial charge in [0.25, 0.3) is 0 Å². The highest BCUT2D eigenvalue weighted by Gasteiger charge is 2.19. The lowest BCUT2D eigenvalue weighted by Crippen LogP contribution is -2.15. The third-order valence-corrected chi connectivity index (χ3v) is 4.27. The van der Waals surface area contributed by atoms with Crippen molar-refractivity contribution >= 4 is 28.9 Å². The van der Waals surface area contributed by atoms with Gasteiger partial charge in [0, 0.05) is 6.54 Å². The van der Waals surface area contributed by atoms with Crippen LogP contribution < -0.4 is 10.6 Å². The van der Waals surface area contributed by atoms with E-state index < -0.39 is 0 Å². The van der Waals surface area contributed by atoms with Crippen LogP contribution in [0.25, 0.3) is 0 Å². The largest absolute Gasteiger partial charge is 0.376 e. The topological polar surface area (TPSA) is 24.1 Å². The Kier molecular flexibility index (Phi) is 4.16. The molecule has 2 aromatic rings. The Morgan fingerprint density at radius 1 is 1.00 bits per heavy atom. The lowest BCUT2D eigenvalue weighted by Gasteiger charge is -2.21. The molecule has 4 heteroatoms. The number of halogens is 2. The monoisotopic (exact) mass is 306 g/mol. The quantitative estimate of drug-likeness (QED) is 0.844. The van der Waals surface area contributed by atoms with Gasteiger partial charge in [-0.1, -0.05) is 53.5 Å². The number of anilines is 1. The normalized spacial score (nSPS) is 18.2. The van der Waals surface area contributed by atoms with Crippen LogP contribution in [0.2, 0.25) is 10.0 Å². The second-order valence-electron chi connectivity index (χ2n) is 4.96. The van der Waals surface area contributed by atoms with Gasteiger partial charge in [-0.3, -0.25) is 0 Å². The van der Waals surface area contributed by atoms with E-state index in [2.05, 4.69) is 34.9 Å². The molecule has 0 saturated heterocycles. The molecule has 1 aliphatic heterocycles. The molecule has 0 aromatic heterocycles. The van der Waals surface area contributed by atoms with Crippen LogP contribution in [-0.4, -0.2) is 6.54 Å². The van der Waals surface area contributed by atoms with Gasteiger partial charge in [-0.2, -0.15) is 0 Å². The minimum Gasteiger partial charge on any atom is -0.376 e. The molecule has 2 nitrogen and oxygen atoms in total. The molecule has 3 rings (SSSR count). The van der Waals surface area contributed by atoms with Gasteiger partial charge in [0.1, 0.15) is 0 Å². The van der Waals surface area contributed by atoms with Crippen LogP contribution in [0.1, 0.15) is 23.6 Å². The van der Waals surface area contributed by atoms with Gasteiger partial charge in [-0.15, -0.1) is 0 Å². The first-order valence-electron chi connectivity index (χ1n) is 6.75. The summed E-state index contributed by atoms with van der Waals surface area (Å²) in [6, 6.07) is 14.3. The molecule has 0 saturated carbocycles. The first-order valence-corrected chi connectivity index (χ1v) is 7.50. The van der Waals surface area contributed by atoms with Crippen molar-refractivity contribution < 1.29 is 0 Å². The Morgan fingerprint density at radius 3 is 2.55 bits per heavy atom. The molecular formula is C16H16Cl2N2. The van der Waals surface area contributed by atoms with E-state index in [1.807, 2.05) is 18.2 Å². The zero-order chi connectivity index (χ0) is 13.9. The average molecular weight is 307 g/mol. The van der Waals surface area contributed by atoms with Crippen molar-refractivity contribution in [1.29, 1.82) is 0 Å². The van der Waals surface area contributed by atoms with E-state index >= 15 is 0 Å². The van der Waals surface area contributed by atoms with Crippen molar-refractivity contribution in [3.8, 4) is 0 Å². The van der Waals surface area contributed by atoms with Crippen molar-refractivity contribution in [2.75, 3.05) is 11.9 Å². The third-order valence-electron chi connectivity index (χ3n) is 3.64. The van der Waals surface area contributed by atoms with Crippen LogP contribution in [0.3, 0.4) is 0 Å². The van der Waals surface area contributed by atoms with Crippen molar-refractivity contribution in [3.63, 3.8) is 0 Å². The highest BCUT2D eigenvalue weighted by atomic mass is 35.5. The predicted octanol–water partition coefficient (Wildman–Crippen LogP) is 4.64. The third kappa shape index (κ3) is 2.78. The Balaban J connectivity index is 1.94. The SMILES string of the molecule is Clc1cccc(Cl)c1NC1CCNCc2ccccc21. The summed E-state index contributed by atoms with van der Waals surface area (Å²) in [4.78, 5) is 0. The Morgan fingerprint density at radius 2 is 1.75 bits per heavy atom. The van der Waals surface area contributed by atoms with Gasteiger partial charge in [-0.05, 0) is 36.2 Å². The minimum atomic E-state index is 0.221. The van der Waals surface area contributed by atoms with Gasteiger partial charge in [0.2, 0.25) is 0 Å². The lowest BCUT2D eigenvalue weighted by molar-refractivity contribution is 0.637. The minimum absolute atomic E-state index is 0.221. The number of nitrogens with one attached hydrogen (secondary N) is 2. The van der Waals surface area contributed by atoms with Crippen LogP contribution in [0.15, 0.2) is 42.5 Å². The first kappa shape index (κ1) is 13.7. The zero-order valence-corrected chi connectivity index (χ0v) is 12.5. The first-order chi connectivity index (χ1) is 9.75. The number of rotatable bonds is 2. The summed E-state index contributed by atoms with van der Waals surface area (Å²) in [6.45, 7) is 1.87. The van der Waals surface area contributed by atoms with Gasteiger partial charge in [-0.25, -0.2) is 0 Å². The highest BCUT2D eigenvalue weighted by molar-refractivity contribution is 6.39. The molecule has 1 aliphatic rings. The fraction of sp³-hybridized carbons (Fsp3) is 0.250. The summed E-state index contributed by atoms with van der Waals surface area (Å²) in [5, 5.41) is 8.27. The van der Waals surface area contributed by atoms with Gasteiger partial charge >= 0.3 is 0 Å². The highest BCUT2D eigenvalue weighted by Crippen LogP contribution is 2.35. The van der Waals surface area contributed by atoms with E-state index in [1.54, 1.807) is 0 Å². The summed E-state index contributed by atoms with van der Waals surface area (Å²) >= 11 is 12.5. The summed E-state index contributed by atoms with van der Waals surface area (Å²) in [5.41, 5.74) is 3.46. The molecule has 1 atom stereocenters. The number of fused-ring (bicyclic) bond motifs is 1. The summed E-state index contributed by atoms with van der Waals surface area (Å²) in [7, 11) is 0. The maximum absolute atomic E-state index is 6.25. The van der Waals surface area contributed by atoms with Crippen molar-refractivity contribution in [2.24, 2.45) is 0 Å². The van der Waals surface area contributed by atoms with E-state index in [1.165, 1.54) is 11.1 Å². The molecular weight excluding hydrogens is 291 g/mol. The van der Waals surface area contributed by atoms with Crippen molar-refractivity contribution in [2.45, 2.75) is 19.0 Å². The fourth-order valence-electron chi connectivity index (χ4n) is 2.62. The Labute approximate surface area is 129 Å². The summed E-state index contributed by atoms with van der Waals surface area (Å²) in [5.74, 6) is 0. The number of hydrogen-bond acceptors (Lipinski definition) is 2. The maximum Gasteiger partial charge on any atom is 0.0723 e. The molecule has 1 unspecified atom stereocenters. The number of para-hydroxylation sites is 1. The second kappa shape index (κ2) is 6.04. The van der Waals surface area contributed by atoms with Crippen LogP contribution in [0.5, 0.6) is 0 Å². The molecule has 104 valence electrons. The van der Waals surface area contributed by atoms with Gasteiger partial charge in [0.15, 0.2) is 0 Å². The van der Waals surface area contributed by atoms with Crippen LogP contribution >= 0.6 is 23.2 Å². The van der Waals surface area contributed by atoms with E-state index in [4.69, 9.17) is 23.2 Å². The smallest absolute Gasteiger partial charge is 0.0723 e. The molecule has 0 aliphatic carbocycles. The van der Waals surface area contributed by atoms with Gasteiger partial charge < -0.3 is 10.6 Å². The number of hydrogen-bond donors (Lipinski definition) is 2. The van der Waals surface area contributed by atoms with E-state index in [0.29, 0.717) is 10.0 Å². The van der Waals surface area contributed by atoms with Crippen molar-refractivity contribution in [1.82, 2.24) is 5.32 Å². The molecule has 0 spiro atoms. The fourth-order valence-corrected chi connectivity index (χ4v) is 3.13. The molecule has 2 N–H and O–H groups in total. The lowest BCUT2D eigenvalue weighted by atomic mass is 9.99. The van der Waals surface area contributed by atoms with Crippen LogP contribution in [0.4, 0.5) is 5.69 Å². The maximum atomic E-state index is 6.25. The van der Waals surface area contributed by atoms with Crippen molar-refractivity contribution in [3.05, 3.63) is 63.6 Å². The molecule has 0 radical (unpaired) electrons. The average Bonchev–Trinajstić information content (AvgIpc) is 2.66. The molecule has 2 aromatic carbocycles. The predicted molar refractivity (Wildman–Crippen MR) is 85.6 cm³/mol. The Hall–Kier alpha value is -1.22. The summed E-state index contributed by atoms with van der Waals surface area (Å²) < 4.78 is 0. The molecule has 1 heterocycles. The van der Waals surface area contributed by atoms with E-state index in [9.17, 15) is 0 Å². The molecule has 0 bridgehead atoms. The van der Waals surface area contributed by atoms with Crippen LogP contribution in [0, 0.1) is 0 Å². The van der Waals surface area contributed by atoms with Gasteiger partial charge in [0.05, 0.1) is 21.8 Å². The molecule has 0 fully saturated rings. The Bertz CT molecular complexity index is 593. The molecule has 0 amide bonds. The van der Waals surface area contributed by atoms with Crippen LogP contribution in [-0.2, 0) is 6.54 Å².